The Bertz CT molecular complexity index is 860. The number of aromatic nitrogens is 2. The van der Waals surface area contributed by atoms with E-state index in [9.17, 15) is 9.90 Å². The third-order valence-electron chi connectivity index (χ3n) is 4.41. The first-order valence-electron chi connectivity index (χ1n) is 7.42. The van der Waals surface area contributed by atoms with E-state index in [0.717, 1.165) is 0 Å². The third-order valence-corrected chi connectivity index (χ3v) is 4.41. The molecule has 0 saturated carbocycles. The fraction of sp³-hybridized carbons (Fsp3) is 0.353. The second kappa shape index (κ2) is 5.35. The lowest BCUT2D eigenvalue weighted by Gasteiger charge is -2.48. The molecule has 2 aromatic rings. The summed E-state index contributed by atoms with van der Waals surface area (Å²) in [4.78, 5) is 11.1. The summed E-state index contributed by atoms with van der Waals surface area (Å²) < 4.78 is 11.8. The van der Waals surface area contributed by atoms with Crippen LogP contribution in [0.2, 0.25) is 0 Å². The number of nitrogens with one attached hydrogen (secondary N) is 1. The van der Waals surface area contributed by atoms with Gasteiger partial charge in [-0.15, -0.1) is 5.10 Å². The number of nitrogens with zero attached hydrogens (tertiary/aromatic N) is 2. The molecular formula is C17H17N3O4. The highest BCUT2D eigenvalue weighted by atomic mass is 16.6. The quantitative estimate of drug-likeness (QED) is 0.869. The molecule has 1 aliphatic rings. The lowest BCUT2D eigenvalue weighted by atomic mass is 9.77. The maximum absolute atomic E-state index is 11.1. The first-order chi connectivity index (χ1) is 11.2. The average Bonchev–Trinajstić information content (AvgIpc) is 2.53. The predicted molar refractivity (Wildman–Crippen MR) is 84.7 cm³/mol. The van der Waals surface area contributed by atoms with Crippen molar-refractivity contribution in [3.63, 3.8) is 0 Å². The van der Waals surface area contributed by atoms with Gasteiger partial charge in [-0.1, -0.05) is 0 Å². The van der Waals surface area contributed by atoms with Crippen molar-refractivity contribution >= 4 is 0 Å². The Labute approximate surface area is 138 Å². The molecule has 0 spiro atoms. The minimum atomic E-state index is -1.41. The van der Waals surface area contributed by atoms with Crippen molar-refractivity contribution in [2.24, 2.45) is 0 Å². The molecule has 3 rings (SSSR count). The number of rotatable bonds is 2. The van der Waals surface area contributed by atoms with Crippen LogP contribution in [0.15, 0.2) is 35.1 Å². The van der Waals surface area contributed by atoms with Gasteiger partial charge < -0.3 is 14.6 Å². The molecule has 1 aromatic heterocycles. The summed E-state index contributed by atoms with van der Waals surface area (Å²) in [5.74, 6) is 0.686. The molecule has 2 heterocycles. The standard InChI is InChI=1S/C17H17N3O4/c1-16(2)17(3,22)15(23-14-7-6-13(21)19-20-14)11-8-10(9-18)4-5-12(11)24-16/h4-8,15,22H,1-3H3,(H,19,21)/t15-,17+/m0/s1. The van der Waals surface area contributed by atoms with Gasteiger partial charge in [-0.05, 0) is 39.0 Å². The number of aliphatic hydroxyl groups is 1. The molecule has 0 radical (unpaired) electrons. The fourth-order valence-electron chi connectivity index (χ4n) is 2.61. The molecular weight excluding hydrogens is 310 g/mol. The van der Waals surface area contributed by atoms with Gasteiger partial charge in [0.1, 0.15) is 17.0 Å². The maximum Gasteiger partial charge on any atom is 0.264 e. The summed E-state index contributed by atoms with van der Waals surface area (Å²) in [5, 5.41) is 26.3. The monoisotopic (exact) mass is 327 g/mol. The van der Waals surface area contributed by atoms with Gasteiger partial charge >= 0.3 is 0 Å². The van der Waals surface area contributed by atoms with E-state index in [2.05, 4.69) is 16.3 Å². The summed E-state index contributed by atoms with van der Waals surface area (Å²) in [5.41, 5.74) is -1.73. The number of ether oxygens (including phenoxy) is 2. The minimum absolute atomic E-state index is 0.158. The summed E-state index contributed by atoms with van der Waals surface area (Å²) in [6.07, 6.45) is -0.831. The molecule has 1 aliphatic heterocycles. The molecule has 0 unspecified atom stereocenters. The van der Waals surface area contributed by atoms with Crippen molar-refractivity contribution in [1.29, 1.82) is 5.26 Å². The lowest BCUT2D eigenvalue weighted by Crippen LogP contribution is -2.59. The van der Waals surface area contributed by atoms with Crippen molar-refractivity contribution in [2.45, 2.75) is 38.1 Å². The van der Waals surface area contributed by atoms with E-state index in [1.54, 1.807) is 39.0 Å². The fourth-order valence-corrected chi connectivity index (χ4v) is 2.61. The van der Waals surface area contributed by atoms with Gasteiger partial charge in [0, 0.05) is 17.7 Å². The largest absolute Gasteiger partial charge is 0.484 e. The second-order valence-electron chi connectivity index (χ2n) is 6.38. The predicted octanol–water partition coefficient (Wildman–Crippen LogP) is 1.68. The normalized spacial score (nSPS) is 24.4. The summed E-state index contributed by atoms with van der Waals surface area (Å²) >= 11 is 0. The van der Waals surface area contributed by atoms with Gasteiger partial charge in [0.25, 0.3) is 5.56 Å². The van der Waals surface area contributed by atoms with Crippen LogP contribution in [-0.4, -0.2) is 26.5 Å². The van der Waals surface area contributed by atoms with Crippen LogP contribution in [0.3, 0.4) is 0 Å². The summed E-state index contributed by atoms with van der Waals surface area (Å²) in [6.45, 7) is 5.11. The van der Waals surface area contributed by atoms with E-state index in [4.69, 9.17) is 14.7 Å². The lowest BCUT2D eigenvalue weighted by molar-refractivity contribution is -0.175. The van der Waals surface area contributed by atoms with Gasteiger partial charge in [-0.25, -0.2) is 5.10 Å². The number of aromatic amines is 1. The number of nitriles is 1. The molecule has 2 N–H and O–H groups in total. The Balaban J connectivity index is 2.11. The van der Waals surface area contributed by atoms with Crippen molar-refractivity contribution in [1.82, 2.24) is 10.2 Å². The highest BCUT2D eigenvalue weighted by molar-refractivity contribution is 5.47. The Morgan fingerprint density at radius 1 is 1.33 bits per heavy atom. The zero-order valence-corrected chi connectivity index (χ0v) is 13.5. The molecule has 0 amide bonds. The van der Waals surface area contributed by atoms with Crippen LogP contribution in [0.25, 0.3) is 0 Å². The molecule has 24 heavy (non-hydrogen) atoms. The van der Waals surface area contributed by atoms with Crippen LogP contribution in [0.5, 0.6) is 11.6 Å². The van der Waals surface area contributed by atoms with Gasteiger partial charge in [0.2, 0.25) is 5.88 Å². The Kier molecular flexibility index (Phi) is 3.57. The second-order valence-corrected chi connectivity index (χ2v) is 6.38. The van der Waals surface area contributed by atoms with E-state index >= 15 is 0 Å². The number of hydrogen-bond donors (Lipinski definition) is 2. The number of H-pyrrole nitrogens is 1. The summed E-state index contributed by atoms with van der Waals surface area (Å²) in [6, 6.07) is 9.71. The van der Waals surface area contributed by atoms with Crippen molar-refractivity contribution in [3.05, 3.63) is 51.8 Å². The van der Waals surface area contributed by atoms with Gasteiger partial charge in [0.15, 0.2) is 6.10 Å². The molecule has 0 bridgehead atoms. The van der Waals surface area contributed by atoms with Crippen LogP contribution in [-0.2, 0) is 0 Å². The van der Waals surface area contributed by atoms with Crippen LogP contribution >= 0.6 is 0 Å². The van der Waals surface area contributed by atoms with Crippen LogP contribution in [0.1, 0.15) is 38.0 Å². The van der Waals surface area contributed by atoms with E-state index < -0.39 is 17.3 Å². The Morgan fingerprint density at radius 2 is 2.08 bits per heavy atom. The zero-order valence-electron chi connectivity index (χ0n) is 13.5. The zero-order chi connectivity index (χ0) is 17.5. The van der Waals surface area contributed by atoms with Gasteiger partial charge in [-0.3, -0.25) is 4.79 Å². The molecule has 7 heteroatoms. The third kappa shape index (κ3) is 2.51. The van der Waals surface area contributed by atoms with E-state index in [1.807, 2.05) is 0 Å². The first-order valence-corrected chi connectivity index (χ1v) is 7.42. The van der Waals surface area contributed by atoms with E-state index in [1.165, 1.54) is 12.1 Å². The van der Waals surface area contributed by atoms with Crippen LogP contribution in [0.4, 0.5) is 0 Å². The molecule has 0 fully saturated rings. The topological polar surface area (TPSA) is 108 Å². The maximum atomic E-state index is 11.1. The Morgan fingerprint density at radius 3 is 2.71 bits per heavy atom. The smallest absolute Gasteiger partial charge is 0.264 e. The van der Waals surface area contributed by atoms with E-state index in [0.29, 0.717) is 16.9 Å². The number of fused-ring (bicyclic) bond motifs is 1. The highest BCUT2D eigenvalue weighted by Gasteiger charge is 2.54. The van der Waals surface area contributed by atoms with Crippen molar-refractivity contribution in [3.8, 4) is 17.7 Å². The molecule has 0 aliphatic carbocycles. The number of hydrogen-bond acceptors (Lipinski definition) is 6. The molecule has 2 atom stereocenters. The molecule has 0 saturated heterocycles. The average molecular weight is 327 g/mol. The molecule has 124 valence electrons. The van der Waals surface area contributed by atoms with Gasteiger partial charge in [-0.2, -0.15) is 5.26 Å². The SMILES string of the molecule is CC1(C)Oc2ccc(C#N)cc2[C@H](Oc2ccc(=O)[nH]n2)[C@@]1(C)O. The number of benzene rings is 1. The highest BCUT2D eigenvalue weighted by Crippen LogP contribution is 2.48. The van der Waals surface area contributed by atoms with Crippen molar-refractivity contribution < 1.29 is 14.6 Å². The van der Waals surface area contributed by atoms with Crippen molar-refractivity contribution in [2.75, 3.05) is 0 Å². The Hall–Kier alpha value is -2.85. The van der Waals surface area contributed by atoms with Gasteiger partial charge in [0.05, 0.1) is 11.6 Å². The summed E-state index contributed by atoms with van der Waals surface area (Å²) in [7, 11) is 0. The minimum Gasteiger partial charge on any atom is -0.484 e. The van der Waals surface area contributed by atoms with Crippen LogP contribution < -0.4 is 15.0 Å². The molecule has 1 aromatic carbocycles. The van der Waals surface area contributed by atoms with Crippen LogP contribution in [0, 0.1) is 11.3 Å². The molecule has 7 nitrogen and oxygen atoms in total. The first kappa shape index (κ1) is 16.0. The van der Waals surface area contributed by atoms with E-state index in [-0.39, 0.29) is 11.4 Å².